The summed E-state index contributed by atoms with van der Waals surface area (Å²) in [7, 11) is 0. The van der Waals surface area contributed by atoms with Gasteiger partial charge in [-0.25, -0.2) is 4.79 Å². The van der Waals surface area contributed by atoms with Gasteiger partial charge in [0.2, 0.25) is 0 Å². The van der Waals surface area contributed by atoms with Gasteiger partial charge in [-0.05, 0) is 0 Å². The molecule has 3 heteroatoms. The molecule has 1 fully saturated rings. The van der Waals surface area contributed by atoms with Gasteiger partial charge >= 0.3 is 6.09 Å². The van der Waals surface area contributed by atoms with Crippen molar-refractivity contribution in [3.05, 3.63) is 12.3 Å². The molecule has 0 aromatic carbocycles. The molecule has 0 aromatic heterocycles. The number of amides is 1. The summed E-state index contributed by atoms with van der Waals surface area (Å²) in [6.07, 6.45) is 4.59. The van der Waals surface area contributed by atoms with Crippen LogP contribution in [0.15, 0.2) is 12.3 Å². The van der Waals surface area contributed by atoms with E-state index in [9.17, 15) is 4.79 Å². The molecule has 10 heavy (non-hydrogen) atoms. The van der Waals surface area contributed by atoms with Crippen LogP contribution < -0.4 is 0 Å². The van der Waals surface area contributed by atoms with Crippen LogP contribution in [0.5, 0.6) is 0 Å². The number of nitrogens with zero attached hydrogens (tertiary/aromatic N) is 1. The smallest absolute Gasteiger partial charge is 0.413 e. The monoisotopic (exact) mass is 137 g/mol. The van der Waals surface area contributed by atoms with Crippen molar-refractivity contribution < 1.29 is 9.53 Å². The van der Waals surface area contributed by atoms with Crippen LogP contribution in [-0.2, 0) is 4.74 Å². The average Bonchev–Trinajstić information content (AvgIpc) is 2.13. The van der Waals surface area contributed by atoms with Gasteiger partial charge < -0.3 is 4.74 Å². The Kier molecular flexibility index (Phi) is 1.63. The maximum atomic E-state index is 10.7. The highest BCUT2D eigenvalue weighted by Crippen LogP contribution is 2.10. The highest BCUT2D eigenvalue weighted by molar-refractivity contribution is 5.72. The summed E-state index contributed by atoms with van der Waals surface area (Å²) in [4.78, 5) is 12.1. The molecule has 52 valence electrons. The summed E-state index contributed by atoms with van der Waals surface area (Å²) >= 11 is 0. The van der Waals surface area contributed by atoms with Crippen molar-refractivity contribution in [1.82, 2.24) is 4.90 Å². The summed E-state index contributed by atoms with van der Waals surface area (Å²) < 4.78 is 4.62. The van der Waals surface area contributed by atoms with E-state index in [4.69, 9.17) is 6.42 Å². The largest absolute Gasteiger partial charge is 0.416 e. The van der Waals surface area contributed by atoms with Gasteiger partial charge in [-0.1, -0.05) is 12.5 Å². The first-order valence-electron chi connectivity index (χ1n) is 2.82. The molecule has 1 aliphatic heterocycles. The van der Waals surface area contributed by atoms with Crippen LogP contribution in [0.4, 0.5) is 4.79 Å². The Morgan fingerprint density at radius 2 is 2.60 bits per heavy atom. The van der Waals surface area contributed by atoms with E-state index < -0.39 is 6.09 Å². The molecule has 1 heterocycles. The van der Waals surface area contributed by atoms with Gasteiger partial charge in [0, 0.05) is 0 Å². The van der Waals surface area contributed by atoms with Crippen LogP contribution in [0, 0.1) is 12.3 Å². The first-order valence-corrected chi connectivity index (χ1v) is 2.82. The zero-order valence-electron chi connectivity index (χ0n) is 5.46. The second-order valence-electron chi connectivity index (χ2n) is 1.97. The molecule has 0 bridgehead atoms. The fourth-order valence-corrected chi connectivity index (χ4v) is 0.728. The zero-order chi connectivity index (χ0) is 7.56. The highest BCUT2D eigenvalue weighted by Gasteiger charge is 2.23. The number of carbonyl (C=O) groups is 1. The highest BCUT2D eigenvalue weighted by atomic mass is 16.6. The molecule has 1 saturated heterocycles. The van der Waals surface area contributed by atoms with Crippen molar-refractivity contribution in [2.24, 2.45) is 0 Å². The van der Waals surface area contributed by atoms with Crippen LogP contribution in [0.2, 0.25) is 0 Å². The number of hydrogen-bond acceptors (Lipinski definition) is 2. The van der Waals surface area contributed by atoms with Crippen molar-refractivity contribution >= 4 is 6.09 Å². The molecule has 0 aromatic rings. The normalized spacial score (nSPS) is 16.9. The Bertz CT molecular complexity index is 214. The molecule has 1 rings (SSSR count). The third kappa shape index (κ3) is 1.11. The van der Waals surface area contributed by atoms with E-state index in [0.717, 1.165) is 0 Å². The van der Waals surface area contributed by atoms with E-state index in [1.165, 1.54) is 4.90 Å². The molecule has 0 saturated carbocycles. The fourth-order valence-electron chi connectivity index (χ4n) is 0.728. The predicted molar refractivity (Wildman–Crippen MR) is 36.0 cm³/mol. The van der Waals surface area contributed by atoms with E-state index >= 15 is 0 Å². The minimum absolute atomic E-state index is 0.290. The van der Waals surface area contributed by atoms with Crippen LogP contribution in [-0.4, -0.2) is 24.1 Å². The second-order valence-corrected chi connectivity index (χ2v) is 1.97. The summed E-state index contributed by atoms with van der Waals surface area (Å²) in [6.45, 7) is 4.19. The quantitative estimate of drug-likeness (QED) is 0.495. The molecule has 0 atom stereocenters. The zero-order valence-corrected chi connectivity index (χ0v) is 5.46. The van der Waals surface area contributed by atoms with Gasteiger partial charge in [-0.2, -0.15) is 0 Å². The number of terminal acetylenes is 1. The summed E-state index contributed by atoms with van der Waals surface area (Å²) in [6, 6.07) is 0. The molecule has 0 N–H and O–H groups in total. The van der Waals surface area contributed by atoms with E-state index in [0.29, 0.717) is 12.3 Å². The van der Waals surface area contributed by atoms with Crippen molar-refractivity contribution in [3.8, 4) is 12.3 Å². The number of carbonyl (C=O) groups excluding carboxylic acids is 1. The second kappa shape index (κ2) is 2.44. The van der Waals surface area contributed by atoms with E-state index in [2.05, 4.69) is 17.2 Å². The SMILES string of the molecule is C#CCN1CC(=C)OC1=O. The van der Waals surface area contributed by atoms with Crippen molar-refractivity contribution in [2.75, 3.05) is 13.1 Å². The molecule has 0 aliphatic carbocycles. The fraction of sp³-hybridized carbons (Fsp3) is 0.286. The van der Waals surface area contributed by atoms with Gasteiger partial charge in [0.05, 0.1) is 13.1 Å². The summed E-state index contributed by atoms with van der Waals surface area (Å²) in [5.41, 5.74) is 0. The van der Waals surface area contributed by atoms with Gasteiger partial charge in [0.1, 0.15) is 5.76 Å². The molecule has 0 unspecified atom stereocenters. The van der Waals surface area contributed by atoms with Gasteiger partial charge in [0.25, 0.3) is 0 Å². The van der Waals surface area contributed by atoms with Crippen LogP contribution >= 0.6 is 0 Å². The lowest BCUT2D eigenvalue weighted by Gasteiger charge is -2.04. The first kappa shape index (κ1) is 6.69. The molecule has 0 radical (unpaired) electrons. The lowest BCUT2D eigenvalue weighted by atomic mass is 10.5. The van der Waals surface area contributed by atoms with E-state index in [-0.39, 0.29) is 6.54 Å². The van der Waals surface area contributed by atoms with Gasteiger partial charge in [-0.15, -0.1) is 6.42 Å². The summed E-state index contributed by atoms with van der Waals surface area (Å²) in [5.74, 6) is 2.80. The van der Waals surface area contributed by atoms with Gasteiger partial charge in [0.15, 0.2) is 0 Å². The molecule has 0 spiro atoms. The molecule has 1 aliphatic rings. The molecule has 1 amide bonds. The number of rotatable bonds is 1. The van der Waals surface area contributed by atoms with E-state index in [1.807, 2.05) is 0 Å². The lowest BCUT2D eigenvalue weighted by molar-refractivity contribution is 0.172. The third-order valence-electron chi connectivity index (χ3n) is 1.14. The minimum atomic E-state index is -0.400. The topological polar surface area (TPSA) is 29.5 Å². The Balaban J connectivity index is 2.56. The summed E-state index contributed by atoms with van der Waals surface area (Å²) in [5, 5.41) is 0. The number of cyclic esters (lactones) is 1. The van der Waals surface area contributed by atoms with Crippen LogP contribution in [0.3, 0.4) is 0 Å². The Labute approximate surface area is 59.3 Å². The Morgan fingerprint density at radius 1 is 1.90 bits per heavy atom. The molecular formula is C7H7NO2. The minimum Gasteiger partial charge on any atom is -0.413 e. The Hall–Kier alpha value is -1.43. The average molecular weight is 137 g/mol. The maximum absolute atomic E-state index is 10.7. The van der Waals surface area contributed by atoms with Crippen LogP contribution in [0.25, 0.3) is 0 Å². The lowest BCUT2D eigenvalue weighted by Crippen LogP contribution is -2.23. The van der Waals surface area contributed by atoms with Crippen molar-refractivity contribution in [1.29, 1.82) is 0 Å². The first-order chi connectivity index (χ1) is 4.74. The number of hydrogen-bond donors (Lipinski definition) is 0. The molecular weight excluding hydrogens is 130 g/mol. The number of ether oxygens (including phenoxy) is 1. The Morgan fingerprint density at radius 3 is 3.00 bits per heavy atom. The van der Waals surface area contributed by atoms with Crippen molar-refractivity contribution in [2.45, 2.75) is 0 Å². The van der Waals surface area contributed by atoms with Gasteiger partial charge in [-0.3, -0.25) is 4.90 Å². The predicted octanol–water partition coefficient (Wildman–Crippen LogP) is 0.586. The van der Waals surface area contributed by atoms with E-state index in [1.54, 1.807) is 0 Å². The maximum Gasteiger partial charge on any atom is 0.416 e. The standard InChI is InChI=1S/C7H7NO2/c1-3-4-8-5-6(2)10-7(8)9/h1H,2,4-5H2. The van der Waals surface area contributed by atoms with Crippen molar-refractivity contribution in [3.63, 3.8) is 0 Å². The third-order valence-corrected chi connectivity index (χ3v) is 1.14. The molecule has 3 nitrogen and oxygen atoms in total. The van der Waals surface area contributed by atoms with Crippen LogP contribution in [0.1, 0.15) is 0 Å².